The molecular weight excluding hydrogens is 414 g/mol. The third kappa shape index (κ3) is 4.10. The first kappa shape index (κ1) is 21.9. The molecule has 0 spiro atoms. The fourth-order valence-corrected chi connectivity index (χ4v) is 4.99. The lowest BCUT2D eigenvalue weighted by molar-refractivity contribution is 0.0207. The van der Waals surface area contributed by atoms with Crippen LogP contribution in [0.4, 0.5) is 4.79 Å². The van der Waals surface area contributed by atoms with Gasteiger partial charge in [0.15, 0.2) is 0 Å². The van der Waals surface area contributed by atoms with E-state index in [4.69, 9.17) is 21.3 Å². The number of pyridine rings is 1. The van der Waals surface area contributed by atoms with Gasteiger partial charge >= 0.3 is 6.09 Å². The number of hydrogen-bond acceptors (Lipinski definition) is 4. The number of fused-ring (bicyclic) bond motifs is 2. The number of hydrogen-bond donors (Lipinski definition) is 0. The van der Waals surface area contributed by atoms with Crippen LogP contribution in [0, 0.1) is 0 Å². The lowest BCUT2D eigenvalue weighted by Crippen LogP contribution is -2.60. The number of ether oxygens (including phenoxy) is 1. The Hall–Kier alpha value is -2.34. The quantitative estimate of drug-likeness (QED) is 0.680. The first-order valence-corrected chi connectivity index (χ1v) is 11.7. The van der Waals surface area contributed by atoms with E-state index in [0.29, 0.717) is 25.3 Å². The Morgan fingerprint density at radius 1 is 1.13 bits per heavy atom. The second-order valence-corrected chi connectivity index (χ2v) is 8.96. The summed E-state index contributed by atoms with van der Waals surface area (Å²) in [5.41, 5.74) is 3.61. The van der Waals surface area contributed by atoms with Crippen LogP contribution in [0.5, 0.6) is 0 Å². The monoisotopic (exact) mass is 443 g/mol. The van der Waals surface area contributed by atoms with Crippen LogP contribution in [0.3, 0.4) is 0 Å². The van der Waals surface area contributed by atoms with Gasteiger partial charge in [0.25, 0.3) is 5.91 Å². The highest BCUT2D eigenvalue weighted by molar-refractivity contribution is 6.36. The van der Waals surface area contributed by atoms with Crippen LogP contribution < -0.4 is 0 Å². The van der Waals surface area contributed by atoms with E-state index in [9.17, 15) is 9.59 Å². The molecule has 1 saturated heterocycles. The van der Waals surface area contributed by atoms with Gasteiger partial charge in [-0.25, -0.2) is 4.79 Å². The fraction of sp³-hybridized carbons (Fsp3) is 0.542. The largest absolute Gasteiger partial charge is 0.449 e. The standard InChI is InChI=1S/C24H30ClN3O3/c1-4-13-31-24(30)28-12-11-27(15(2)16(28)3)23(29)17-9-10-19-21(14-17)26-20-8-6-5-7-18(20)22(19)25/h9-10,14-16H,4-8,11-13H2,1-3H3. The molecule has 4 rings (SSSR count). The number of carbonyl (C=O) groups excluding carboxylic acids is 2. The molecule has 166 valence electrons. The van der Waals surface area contributed by atoms with Crippen molar-refractivity contribution in [2.45, 2.75) is 65.0 Å². The van der Waals surface area contributed by atoms with E-state index >= 15 is 0 Å². The van der Waals surface area contributed by atoms with Crippen molar-refractivity contribution in [3.63, 3.8) is 0 Å². The van der Waals surface area contributed by atoms with Gasteiger partial charge in [-0.2, -0.15) is 0 Å². The highest BCUT2D eigenvalue weighted by atomic mass is 35.5. The van der Waals surface area contributed by atoms with Crippen molar-refractivity contribution in [3.8, 4) is 0 Å². The SMILES string of the molecule is CCCOC(=O)N1CCN(C(=O)c2ccc3c(Cl)c4c(nc3c2)CCCC4)C(C)C1C. The molecule has 0 bridgehead atoms. The first-order chi connectivity index (χ1) is 14.9. The second kappa shape index (κ2) is 9.03. The maximum Gasteiger partial charge on any atom is 0.410 e. The van der Waals surface area contributed by atoms with E-state index in [1.807, 2.05) is 43.9 Å². The molecule has 1 fully saturated rings. The van der Waals surface area contributed by atoms with Gasteiger partial charge < -0.3 is 14.5 Å². The summed E-state index contributed by atoms with van der Waals surface area (Å²) in [6, 6.07) is 5.37. The van der Waals surface area contributed by atoms with E-state index in [1.165, 1.54) is 0 Å². The van der Waals surface area contributed by atoms with Crippen molar-refractivity contribution < 1.29 is 14.3 Å². The molecule has 0 saturated carbocycles. The van der Waals surface area contributed by atoms with Gasteiger partial charge in [-0.15, -0.1) is 0 Å². The molecule has 0 radical (unpaired) electrons. The number of benzene rings is 1. The van der Waals surface area contributed by atoms with Crippen LogP contribution in [-0.4, -0.2) is 58.6 Å². The van der Waals surface area contributed by atoms with E-state index < -0.39 is 0 Å². The minimum absolute atomic E-state index is 0.0431. The number of piperazine rings is 1. The average molecular weight is 444 g/mol. The van der Waals surface area contributed by atoms with Crippen molar-refractivity contribution in [1.29, 1.82) is 0 Å². The maximum absolute atomic E-state index is 13.4. The molecule has 2 amide bonds. The average Bonchev–Trinajstić information content (AvgIpc) is 2.78. The van der Waals surface area contributed by atoms with Crippen LogP contribution in [0.25, 0.3) is 10.9 Å². The van der Waals surface area contributed by atoms with Crippen LogP contribution >= 0.6 is 11.6 Å². The number of aryl methyl sites for hydroxylation is 1. The summed E-state index contributed by atoms with van der Waals surface area (Å²) in [6.07, 6.45) is 4.66. The molecule has 7 heteroatoms. The number of nitrogens with zero attached hydrogens (tertiary/aromatic N) is 3. The third-order valence-electron chi connectivity index (χ3n) is 6.63. The Morgan fingerprint density at radius 2 is 1.84 bits per heavy atom. The highest BCUT2D eigenvalue weighted by Crippen LogP contribution is 2.33. The molecule has 2 heterocycles. The number of amides is 2. The third-order valence-corrected chi connectivity index (χ3v) is 7.06. The molecule has 2 aliphatic rings. The summed E-state index contributed by atoms with van der Waals surface area (Å²) >= 11 is 6.68. The summed E-state index contributed by atoms with van der Waals surface area (Å²) in [5.74, 6) is -0.0431. The highest BCUT2D eigenvalue weighted by Gasteiger charge is 2.36. The van der Waals surface area contributed by atoms with Crippen molar-refractivity contribution in [2.75, 3.05) is 19.7 Å². The van der Waals surface area contributed by atoms with Gasteiger partial charge in [-0.1, -0.05) is 24.6 Å². The van der Waals surface area contributed by atoms with Crippen LogP contribution in [0.15, 0.2) is 18.2 Å². The molecule has 2 aromatic rings. The van der Waals surface area contributed by atoms with Crippen LogP contribution in [-0.2, 0) is 17.6 Å². The summed E-state index contributed by atoms with van der Waals surface area (Å²) in [7, 11) is 0. The van der Waals surface area contributed by atoms with E-state index in [0.717, 1.165) is 59.3 Å². The Balaban J connectivity index is 1.56. The molecule has 1 aliphatic carbocycles. The first-order valence-electron chi connectivity index (χ1n) is 11.3. The molecule has 1 aromatic heterocycles. The van der Waals surface area contributed by atoms with Crippen molar-refractivity contribution >= 4 is 34.5 Å². The number of aromatic nitrogens is 1. The Kier molecular flexibility index (Phi) is 6.37. The molecule has 2 atom stereocenters. The molecule has 31 heavy (non-hydrogen) atoms. The summed E-state index contributed by atoms with van der Waals surface area (Å²) in [4.78, 5) is 34.1. The van der Waals surface area contributed by atoms with E-state index in [1.54, 1.807) is 4.90 Å². The number of halogens is 1. The predicted molar refractivity (Wildman–Crippen MR) is 122 cm³/mol. The van der Waals surface area contributed by atoms with E-state index in [-0.39, 0.29) is 24.1 Å². The minimum atomic E-state index is -0.303. The summed E-state index contributed by atoms with van der Waals surface area (Å²) in [5, 5.41) is 1.68. The molecule has 1 aromatic carbocycles. The zero-order valence-electron chi connectivity index (χ0n) is 18.5. The van der Waals surface area contributed by atoms with Crippen LogP contribution in [0.1, 0.15) is 61.6 Å². The normalized spacial score (nSPS) is 21.2. The van der Waals surface area contributed by atoms with E-state index in [2.05, 4.69) is 0 Å². The predicted octanol–water partition coefficient (Wildman–Crippen LogP) is 4.85. The Morgan fingerprint density at radius 3 is 2.61 bits per heavy atom. The van der Waals surface area contributed by atoms with Crippen molar-refractivity contribution in [2.24, 2.45) is 0 Å². The van der Waals surface area contributed by atoms with Gasteiger partial charge in [-0.05, 0) is 63.6 Å². The van der Waals surface area contributed by atoms with Gasteiger partial charge in [0, 0.05) is 35.8 Å². The number of carbonyl (C=O) groups is 2. The lowest BCUT2D eigenvalue weighted by Gasteiger charge is -2.44. The minimum Gasteiger partial charge on any atom is -0.449 e. The zero-order chi connectivity index (χ0) is 22.1. The van der Waals surface area contributed by atoms with Crippen molar-refractivity contribution in [3.05, 3.63) is 40.0 Å². The molecule has 6 nitrogen and oxygen atoms in total. The molecular formula is C24H30ClN3O3. The topological polar surface area (TPSA) is 62.7 Å². The van der Waals surface area contributed by atoms with Crippen molar-refractivity contribution in [1.82, 2.24) is 14.8 Å². The molecule has 1 aliphatic heterocycles. The smallest absolute Gasteiger partial charge is 0.410 e. The molecule has 2 unspecified atom stereocenters. The zero-order valence-corrected chi connectivity index (χ0v) is 19.2. The maximum atomic E-state index is 13.4. The Labute approximate surface area is 188 Å². The van der Waals surface area contributed by atoms with Crippen LogP contribution in [0.2, 0.25) is 5.02 Å². The van der Waals surface area contributed by atoms with Gasteiger partial charge in [0.05, 0.1) is 23.2 Å². The lowest BCUT2D eigenvalue weighted by atomic mass is 9.94. The Bertz CT molecular complexity index is 1010. The van der Waals surface area contributed by atoms with Gasteiger partial charge in [0.1, 0.15) is 0 Å². The fourth-order valence-electron chi connectivity index (χ4n) is 4.63. The second-order valence-electron chi connectivity index (χ2n) is 8.58. The molecule has 0 N–H and O–H groups in total. The summed E-state index contributed by atoms with van der Waals surface area (Å²) < 4.78 is 5.30. The van der Waals surface area contributed by atoms with Gasteiger partial charge in [-0.3, -0.25) is 9.78 Å². The summed E-state index contributed by atoms with van der Waals surface area (Å²) in [6.45, 7) is 7.26. The number of rotatable bonds is 3. The van der Waals surface area contributed by atoms with Gasteiger partial charge in [0.2, 0.25) is 0 Å².